The summed E-state index contributed by atoms with van der Waals surface area (Å²) in [4.78, 5) is 22.6. The molecule has 0 radical (unpaired) electrons. The molecule has 0 unspecified atom stereocenters. The Bertz CT molecular complexity index is 1530. The van der Waals surface area contributed by atoms with E-state index in [-0.39, 0.29) is 5.82 Å². The van der Waals surface area contributed by atoms with E-state index in [1.165, 1.54) is 5.56 Å². The van der Waals surface area contributed by atoms with Crippen molar-refractivity contribution in [1.29, 1.82) is 0 Å². The maximum atomic E-state index is 13.3. The average molecular weight is 464 g/mol. The molecule has 7 heteroatoms. The average Bonchev–Trinajstić information content (AvgIpc) is 2.88. The van der Waals surface area contributed by atoms with Crippen LogP contribution in [0.15, 0.2) is 73.1 Å². The summed E-state index contributed by atoms with van der Waals surface area (Å²) >= 11 is 0. The van der Waals surface area contributed by atoms with E-state index in [1.807, 2.05) is 55.5 Å². The van der Waals surface area contributed by atoms with Gasteiger partial charge in [-0.15, -0.1) is 0 Å². The number of ether oxygens (including phenoxy) is 1. The molecule has 0 saturated heterocycles. The van der Waals surface area contributed by atoms with Gasteiger partial charge in [0.05, 0.1) is 35.9 Å². The number of nitrogens with one attached hydrogen (secondary N) is 1. The molecule has 35 heavy (non-hydrogen) atoms. The molecule has 7 nitrogen and oxygen atoms in total. The van der Waals surface area contributed by atoms with Gasteiger partial charge in [0, 0.05) is 21.7 Å². The van der Waals surface area contributed by atoms with Crippen molar-refractivity contribution in [3.63, 3.8) is 0 Å². The lowest BCUT2D eigenvalue weighted by atomic mass is 9.99. The van der Waals surface area contributed by atoms with E-state index in [0.29, 0.717) is 29.4 Å². The van der Waals surface area contributed by atoms with Crippen molar-refractivity contribution in [3.8, 4) is 17.0 Å². The zero-order chi connectivity index (χ0) is 24.4. The zero-order valence-electron chi connectivity index (χ0n) is 19.8. The Hall–Kier alpha value is -4.39. The summed E-state index contributed by atoms with van der Waals surface area (Å²) in [5, 5.41) is 13.3. The van der Waals surface area contributed by atoms with E-state index < -0.39 is 5.91 Å². The Morgan fingerprint density at radius 3 is 2.51 bits per heavy atom. The first kappa shape index (κ1) is 22.4. The smallest absolute Gasteiger partial charge is 0.293 e. The van der Waals surface area contributed by atoms with Gasteiger partial charge in [-0.05, 0) is 42.7 Å². The lowest BCUT2D eigenvalue weighted by molar-refractivity contribution is 0.101. The number of amides is 1. The summed E-state index contributed by atoms with van der Waals surface area (Å²) in [6, 6.07) is 19.5. The molecule has 5 aromatic rings. The second-order valence-corrected chi connectivity index (χ2v) is 8.54. The Labute approximate surface area is 203 Å². The summed E-state index contributed by atoms with van der Waals surface area (Å²) < 4.78 is 5.71. The highest BCUT2D eigenvalue weighted by Gasteiger charge is 2.17. The summed E-state index contributed by atoms with van der Waals surface area (Å²) in [6.07, 6.45) is 3.29. The van der Waals surface area contributed by atoms with Gasteiger partial charge in [-0.1, -0.05) is 50.2 Å². The summed E-state index contributed by atoms with van der Waals surface area (Å²) in [6.45, 7) is 6.81. The van der Waals surface area contributed by atoms with Crippen molar-refractivity contribution in [2.45, 2.75) is 26.7 Å². The molecule has 0 atom stereocenters. The van der Waals surface area contributed by atoms with E-state index in [1.54, 1.807) is 12.4 Å². The fourth-order valence-corrected chi connectivity index (χ4v) is 4.03. The van der Waals surface area contributed by atoms with Gasteiger partial charge in [-0.25, -0.2) is 9.97 Å². The predicted molar refractivity (Wildman–Crippen MR) is 138 cm³/mol. The fraction of sp³-hybridized carbons (Fsp3) is 0.179. The Kier molecular flexibility index (Phi) is 6.06. The largest absolute Gasteiger partial charge is 0.494 e. The van der Waals surface area contributed by atoms with Gasteiger partial charge in [-0.2, -0.15) is 10.2 Å². The van der Waals surface area contributed by atoms with E-state index in [9.17, 15) is 4.79 Å². The fourth-order valence-electron chi connectivity index (χ4n) is 4.03. The third-order valence-electron chi connectivity index (χ3n) is 5.87. The molecule has 0 spiro atoms. The lowest BCUT2D eigenvalue weighted by Crippen LogP contribution is -2.16. The van der Waals surface area contributed by atoms with Crippen molar-refractivity contribution >= 4 is 33.3 Å². The normalized spacial score (nSPS) is 11.2. The topological polar surface area (TPSA) is 89.9 Å². The molecule has 0 saturated carbocycles. The van der Waals surface area contributed by atoms with E-state index >= 15 is 0 Å². The molecule has 0 fully saturated rings. The molecule has 174 valence electrons. The number of fused-ring (bicyclic) bond motifs is 2. The maximum absolute atomic E-state index is 13.3. The molecule has 3 aromatic carbocycles. The molecule has 0 aliphatic rings. The lowest BCUT2D eigenvalue weighted by Gasteiger charge is -2.13. The minimum absolute atomic E-state index is 0.0867. The number of nitrogens with zero attached hydrogens (tertiary/aromatic N) is 4. The van der Waals surface area contributed by atoms with Crippen molar-refractivity contribution in [3.05, 3.63) is 84.4 Å². The molecule has 1 amide bonds. The highest BCUT2D eigenvalue weighted by atomic mass is 16.5. The molecule has 5 rings (SSSR count). The number of benzene rings is 3. The van der Waals surface area contributed by atoms with Crippen LogP contribution in [0.4, 0.5) is 5.69 Å². The van der Waals surface area contributed by atoms with Crippen molar-refractivity contribution in [1.82, 2.24) is 20.2 Å². The monoisotopic (exact) mass is 463 g/mol. The first-order chi connectivity index (χ1) is 17.0. The van der Waals surface area contributed by atoms with Crippen LogP contribution in [0.25, 0.3) is 32.9 Å². The Balaban J connectivity index is 1.60. The van der Waals surface area contributed by atoms with Gasteiger partial charge >= 0.3 is 0 Å². The molecule has 0 aliphatic heterocycles. The third kappa shape index (κ3) is 4.53. The second-order valence-electron chi connectivity index (χ2n) is 8.54. The van der Waals surface area contributed by atoms with Crippen molar-refractivity contribution in [2.75, 3.05) is 11.9 Å². The molecule has 2 heterocycles. The number of carbonyl (C=O) groups excluding carboxylic acids is 1. The van der Waals surface area contributed by atoms with Crippen LogP contribution in [0.5, 0.6) is 5.75 Å². The predicted octanol–water partition coefficient (Wildman–Crippen LogP) is 6.01. The van der Waals surface area contributed by atoms with Gasteiger partial charge in [0.25, 0.3) is 5.91 Å². The molecule has 1 N–H and O–H groups in total. The molecule has 0 aliphatic carbocycles. The number of hydrogen-bond donors (Lipinski definition) is 1. The quantitative estimate of drug-likeness (QED) is 0.331. The van der Waals surface area contributed by atoms with E-state index in [4.69, 9.17) is 9.72 Å². The van der Waals surface area contributed by atoms with E-state index in [0.717, 1.165) is 27.5 Å². The van der Waals surface area contributed by atoms with Crippen LogP contribution in [0.1, 0.15) is 42.9 Å². The van der Waals surface area contributed by atoms with Gasteiger partial charge in [-0.3, -0.25) is 4.79 Å². The minimum Gasteiger partial charge on any atom is -0.494 e. The molecular weight excluding hydrogens is 438 g/mol. The van der Waals surface area contributed by atoms with E-state index in [2.05, 4.69) is 46.5 Å². The van der Waals surface area contributed by atoms with Crippen LogP contribution in [-0.4, -0.2) is 32.7 Å². The molecular formula is C28H25N5O2. The van der Waals surface area contributed by atoms with Crippen LogP contribution in [-0.2, 0) is 0 Å². The van der Waals surface area contributed by atoms with Gasteiger partial charge in [0.15, 0.2) is 0 Å². The SMILES string of the molecule is CCOc1ccc2nc(C(=O)Nc3cccc4cnncc34)nc(-c3ccc(C(C)C)cc3)c2c1. The van der Waals surface area contributed by atoms with Crippen LogP contribution < -0.4 is 10.1 Å². The number of anilines is 1. The number of hydrogen-bond acceptors (Lipinski definition) is 6. The van der Waals surface area contributed by atoms with Gasteiger partial charge in [0.2, 0.25) is 5.82 Å². The van der Waals surface area contributed by atoms with Crippen molar-refractivity contribution < 1.29 is 9.53 Å². The van der Waals surface area contributed by atoms with Gasteiger partial charge in [0.1, 0.15) is 5.75 Å². The first-order valence-electron chi connectivity index (χ1n) is 11.6. The standard InChI is InChI=1S/C28H25N5O2/c1-4-35-21-12-13-25-22(14-21)26(19-10-8-18(9-11-19)17(2)3)33-27(31-25)28(34)32-24-7-5-6-20-15-29-30-16-23(20)24/h5-17H,4H2,1-3H3,(H,32,34). The van der Waals surface area contributed by atoms with Crippen LogP contribution >= 0.6 is 0 Å². The number of rotatable bonds is 6. The van der Waals surface area contributed by atoms with Crippen LogP contribution in [0.3, 0.4) is 0 Å². The second kappa shape index (κ2) is 9.46. The number of aromatic nitrogens is 4. The van der Waals surface area contributed by atoms with Crippen molar-refractivity contribution in [2.24, 2.45) is 0 Å². The zero-order valence-corrected chi connectivity index (χ0v) is 19.8. The number of carbonyl (C=O) groups is 1. The first-order valence-corrected chi connectivity index (χ1v) is 11.6. The summed E-state index contributed by atoms with van der Waals surface area (Å²) in [5.41, 5.74) is 4.12. The van der Waals surface area contributed by atoms with Crippen LogP contribution in [0, 0.1) is 0 Å². The highest BCUT2D eigenvalue weighted by molar-refractivity contribution is 6.08. The highest BCUT2D eigenvalue weighted by Crippen LogP contribution is 2.31. The Morgan fingerprint density at radius 1 is 0.943 bits per heavy atom. The Morgan fingerprint density at radius 2 is 1.74 bits per heavy atom. The van der Waals surface area contributed by atoms with Gasteiger partial charge < -0.3 is 10.1 Å². The molecule has 0 bridgehead atoms. The minimum atomic E-state index is -0.398. The van der Waals surface area contributed by atoms with Crippen LogP contribution in [0.2, 0.25) is 0 Å². The maximum Gasteiger partial charge on any atom is 0.293 e. The third-order valence-corrected chi connectivity index (χ3v) is 5.87. The summed E-state index contributed by atoms with van der Waals surface area (Å²) in [7, 11) is 0. The summed E-state index contributed by atoms with van der Waals surface area (Å²) in [5.74, 6) is 0.842. The molecule has 2 aromatic heterocycles.